The van der Waals surface area contributed by atoms with Gasteiger partial charge in [0.25, 0.3) is 0 Å². The summed E-state index contributed by atoms with van der Waals surface area (Å²) in [5.41, 5.74) is 2.10. The summed E-state index contributed by atoms with van der Waals surface area (Å²) in [6.07, 6.45) is 2.02. The highest BCUT2D eigenvalue weighted by molar-refractivity contribution is 5.52. The molecule has 2 heterocycles. The van der Waals surface area contributed by atoms with Crippen LogP contribution in [0.4, 0.5) is 4.39 Å². The Balaban J connectivity index is 1.37. The lowest BCUT2D eigenvalue weighted by molar-refractivity contribution is 0.193. The van der Waals surface area contributed by atoms with Gasteiger partial charge >= 0.3 is 0 Å². The second-order valence-corrected chi connectivity index (χ2v) is 6.49. The Morgan fingerprint density at radius 2 is 1.68 bits per heavy atom. The number of benzene rings is 2. The van der Waals surface area contributed by atoms with E-state index in [0.29, 0.717) is 17.7 Å². The minimum absolute atomic E-state index is 0.269. The topological polar surface area (TPSA) is 42.2 Å². The molecule has 1 aliphatic rings. The van der Waals surface area contributed by atoms with E-state index >= 15 is 0 Å². The average Bonchev–Trinajstić information content (AvgIpc) is 3.14. The number of halogens is 1. The van der Waals surface area contributed by atoms with Crippen LogP contribution in [-0.2, 0) is 6.54 Å². The van der Waals surface area contributed by atoms with Gasteiger partial charge in [-0.15, -0.1) is 10.2 Å². The minimum Gasteiger partial charge on any atom is -0.420 e. The van der Waals surface area contributed by atoms with Crippen LogP contribution >= 0.6 is 0 Å². The summed E-state index contributed by atoms with van der Waals surface area (Å²) in [6.45, 7) is 3.03. The van der Waals surface area contributed by atoms with E-state index in [0.717, 1.165) is 38.0 Å². The molecule has 1 aromatic heterocycles. The fraction of sp³-hybridized carbons (Fsp3) is 0.300. The van der Waals surface area contributed by atoms with Crippen LogP contribution in [0.5, 0.6) is 0 Å². The molecule has 1 fully saturated rings. The van der Waals surface area contributed by atoms with Crippen LogP contribution in [0.25, 0.3) is 11.5 Å². The summed E-state index contributed by atoms with van der Waals surface area (Å²) in [5, 5.41) is 8.34. The zero-order chi connectivity index (χ0) is 17.1. The molecule has 0 spiro atoms. The van der Waals surface area contributed by atoms with Gasteiger partial charge < -0.3 is 4.42 Å². The van der Waals surface area contributed by atoms with Crippen LogP contribution in [0, 0.1) is 5.82 Å². The van der Waals surface area contributed by atoms with E-state index in [-0.39, 0.29) is 5.82 Å². The smallest absolute Gasteiger partial charge is 0.247 e. The van der Waals surface area contributed by atoms with Gasteiger partial charge in [0.15, 0.2) is 0 Å². The van der Waals surface area contributed by atoms with E-state index in [1.807, 2.05) is 6.07 Å². The molecule has 128 valence electrons. The molecule has 0 N–H and O–H groups in total. The lowest BCUT2D eigenvalue weighted by atomic mass is 9.96. The Hall–Kier alpha value is -2.53. The quantitative estimate of drug-likeness (QED) is 0.713. The van der Waals surface area contributed by atoms with E-state index in [9.17, 15) is 4.39 Å². The zero-order valence-electron chi connectivity index (χ0n) is 13.9. The molecule has 0 unspecified atom stereocenters. The predicted octanol–water partition coefficient (Wildman–Crippen LogP) is 4.26. The molecule has 3 aromatic rings. The van der Waals surface area contributed by atoms with Crippen molar-refractivity contribution >= 4 is 0 Å². The molecule has 1 saturated heterocycles. The van der Waals surface area contributed by atoms with Gasteiger partial charge in [0.2, 0.25) is 11.8 Å². The number of aromatic nitrogens is 2. The second kappa shape index (κ2) is 7.15. The molecule has 25 heavy (non-hydrogen) atoms. The van der Waals surface area contributed by atoms with E-state index < -0.39 is 0 Å². The average molecular weight is 337 g/mol. The lowest BCUT2D eigenvalue weighted by Crippen LogP contribution is -2.32. The number of hydrogen-bond donors (Lipinski definition) is 0. The predicted molar refractivity (Wildman–Crippen MR) is 93.4 cm³/mol. The molecule has 0 aliphatic carbocycles. The number of nitrogens with zero attached hydrogens (tertiary/aromatic N) is 3. The zero-order valence-corrected chi connectivity index (χ0v) is 13.9. The van der Waals surface area contributed by atoms with Gasteiger partial charge in [0.1, 0.15) is 5.82 Å². The van der Waals surface area contributed by atoms with E-state index in [1.165, 1.54) is 17.7 Å². The van der Waals surface area contributed by atoms with Crippen molar-refractivity contribution in [1.29, 1.82) is 0 Å². The molecule has 5 heteroatoms. The maximum Gasteiger partial charge on any atom is 0.247 e. The van der Waals surface area contributed by atoms with Gasteiger partial charge in [-0.2, -0.15) is 0 Å². The molecule has 0 radical (unpaired) electrons. The first-order valence-electron chi connectivity index (χ1n) is 8.63. The monoisotopic (exact) mass is 337 g/mol. The first kappa shape index (κ1) is 16.0. The molecule has 0 atom stereocenters. The molecule has 2 aromatic carbocycles. The van der Waals surface area contributed by atoms with Crippen molar-refractivity contribution in [2.75, 3.05) is 13.1 Å². The van der Waals surface area contributed by atoms with Crippen molar-refractivity contribution < 1.29 is 8.81 Å². The highest BCUT2D eigenvalue weighted by Gasteiger charge is 2.25. The summed E-state index contributed by atoms with van der Waals surface area (Å²) in [7, 11) is 0. The van der Waals surface area contributed by atoms with Gasteiger partial charge in [-0.3, -0.25) is 4.90 Å². The molecular weight excluding hydrogens is 317 g/mol. The first-order chi connectivity index (χ1) is 12.3. The fourth-order valence-corrected chi connectivity index (χ4v) is 3.29. The normalized spacial score (nSPS) is 16.2. The third kappa shape index (κ3) is 3.77. The third-order valence-corrected chi connectivity index (χ3v) is 4.72. The fourth-order valence-electron chi connectivity index (χ4n) is 3.29. The molecule has 0 bridgehead atoms. The number of likely N-dealkylation sites (tertiary alicyclic amines) is 1. The van der Waals surface area contributed by atoms with Crippen LogP contribution in [0.1, 0.15) is 30.2 Å². The van der Waals surface area contributed by atoms with Crippen LogP contribution in [0.2, 0.25) is 0 Å². The SMILES string of the molecule is Fc1ccc(-c2nnc(C3CCN(Cc4ccccc4)CC3)o2)cc1. The summed E-state index contributed by atoms with van der Waals surface area (Å²) in [4.78, 5) is 2.46. The highest BCUT2D eigenvalue weighted by atomic mass is 19.1. The van der Waals surface area contributed by atoms with Crippen molar-refractivity contribution in [3.8, 4) is 11.5 Å². The Bertz CT molecular complexity index is 808. The first-order valence-corrected chi connectivity index (χ1v) is 8.63. The Morgan fingerprint density at radius 3 is 2.40 bits per heavy atom. The van der Waals surface area contributed by atoms with Gasteiger partial charge in [-0.05, 0) is 55.8 Å². The van der Waals surface area contributed by atoms with Gasteiger partial charge in [-0.1, -0.05) is 30.3 Å². The van der Waals surface area contributed by atoms with Crippen molar-refractivity contribution in [1.82, 2.24) is 15.1 Å². The van der Waals surface area contributed by atoms with Crippen molar-refractivity contribution in [3.05, 3.63) is 71.9 Å². The second-order valence-electron chi connectivity index (χ2n) is 6.49. The third-order valence-electron chi connectivity index (χ3n) is 4.72. The van der Waals surface area contributed by atoms with Crippen LogP contribution in [0.3, 0.4) is 0 Å². The Kier molecular flexibility index (Phi) is 4.57. The highest BCUT2D eigenvalue weighted by Crippen LogP contribution is 2.29. The lowest BCUT2D eigenvalue weighted by Gasteiger charge is -2.30. The van der Waals surface area contributed by atoms with Crippen LogP contribution in [0.15, 0.2) is 59.0 Å². The summed E-state index contributed by atoms with van der Waals surface area (Å²) < 4.78 is 18.9. The number of rotatable bonds is 4. The Labute approximate surface area is 146 Å². The maximum atomic E-state index is 13.0. The summed E-state index contributed by atoms with van der Waals surface area (Å²) in [5.74, 6) is 1.18. The summed E-state index contributed by atoms with van der Waals surface area (Å²) >= 11 is 0. The largest absolute Gasteiger partial charge is 0.420 e. The van der Waals surface area contributed by atoms with Crippen molar-refractivity contribution in [3.63, 3.8) is 0 Å². The van der Waals surface area contributed by atoms with E-state index in [2.05, 4.69) is 39.4 Å². The van der Waals surface area contributed by atoms with Gasteiger partial charge in [-0.25, -0.2) is 4.39 Å². The van der Waals surface area contributed by atoms with E-state index in [1.54, 1.807) is 12.1 Å². The molecule has 0 saturated carbocycles. The Morgan fingerprint density at radius 1 is 0.960 bits per heavy atom. The van der Waals surface area contributed by atoms with E-state index in [4.69, 9.17) is 4.42 Å². The molecule has 4 nitrogen and oxygen atoms in total. The summed E-state index contributed by atoms with van der Waals surface area (Å²) in [6, 6.07) is 16.7. The number of piperidine rings is 1. The maximum absolute atomic E-state index is 13.0. The molecular formula is C20H20FN3O. The molecule has 1 aliphatic heterocycles. The van der Waals surface area contributed by atoms with Crippen LogP contribution < -0.4 is 0 Å². The standard InChI is InChI=1S/C20H20FN3O/c21-18-8-6-16(7-9-18)19-22-23-20(25-19)17-10-12-24(13-11-17)14-15-4-2-1-3-5-15/h1-9,17H,10-14H2. The number of hydrogen-bond acceptors (Lipinski definition) is 4. The molecule has 4 rings (SSSR count). The van der Waals surface area contributed by atoms with Crippen molar-refractivity contribution in [2.45, 2.75) is 25.3 Å². The minimum atomic E-state index is -0.269. The van der Waals surface area contributed by atoms with Gasteiger partial charge in [0.05, 0.1) is 0 Å². The van der Waals surface area contributed by atoms with Crippen LogP contribution in [-0.4, -0.2) is 28.2 Å². The molecule has 0 amide bonds. The van der Waals surface area contributed by atoms with Gasteiger partial charge in [0, 0.05) is 18.0 Å². The van der Waals surface area contributed by atoms with Crippen molar-refractivity contribution in [2.24, 2.45) is 0 Å².